The molecule has 1 fully saturated rings. The average Bonchev–Trinajstić information content (AvgIpc) is 3.20. The summed E-state index contributed by atoms with van der Waals surface area (Å²) in [5.74, 6) is 0.924. The Morgan fingerprint density at radius 1 is 1.00 bits per heavy atom. The highest BCUT2D eigenvalue weighted by Crippen LogP contribution is 2.33. The van der Waals surface area contributed by atoms with Crippen molar-refractivity contribution in [1.29, 1.82) is 0 Å². The van der Waals surface area contributed by atoms with Gasteiger partial charge in [0.25, 0.3) is 5.91 Å². The Labute approximate surface area is 169 Å². The number of hydrogen-bond acceptors (Lipinski definition) is 6. The Morgan fingerprint density at radius 2 is 1.72 bits per heavy atom. The number of rotatable bonds is 5. The zero-order chi connectivity index (χ0) is 20.2. The first-order valence-corrected chi connectivity index (χ1v) is 9.72. The third-order valence-electron chi connectivity index (χ3n) is 5.14. The molecule has 2 heterocycles. The van der Waals surface area contributed by atoms with Gasteiger partial charge in [0, 0.05) is 45.2 Å². The van der Waals surface area contributed by atoms with E-state index in [4.69, 9.17) is 14.2 Å². The summed E-state index contributed by atoms with van der Waals surface area (Å²) in [7, 11) is 0. The summed E-state index contributed by atoms with van der Waals surface area (Å²) in [6.07, 6.45) is -0.894. The molecule has 1 unspecified atom stereocenters. The van der Waals surface area contributed by atoms with Crippen LogP contribution in [-0.2, 0) is 20.9 Å². The highest BCUT2D eigenvalue weighted by atomic mass is 16.7. The van der Waals surface area contributed by atoms with E-state index in [2.05, 4.69) is 4.90 Å². The van der Waals surface area contributed by atoms with Gasteiger partial charge in [-0.05, 0) is 17.7 Å². The third-order valence-corrected chi connectivity index (χ3v) is 5.14. The maximum absolute atomic E-state index is 13.0. The van der Waals surface area contributed by atoms with Gasteiger partial charge in [0.15, 0.2) is 11.5 Å². The lowest BCUT2D eigenvalue weighted by molar-refractivity contribution is -0.160. The van der Waals surface area contributed by atoms with Gasteiger partial charge in [0.05, 0.1) is 0 Å². The van der Waals surface area contributed by atoms with Crippen LogP contribution in [0.4, 0.5) is 0 Å². The quantitative estimate of drug-likeness (QED) is 0.723. The molecular weight excluding hydrogens is 372 g/mol. The summed E-state index contributed by atoms with van der Waals surface area (Å²) in [6, 6.07) is 15.1. The van der Waals surface area contributed by atoms with Crippen molar-refractivity contribution in [3.63, 3.8) is 0 Å². The van der Waals surface area contributed by atoms with Crippen molar-refractivity contribution in [2.24, 2.45) is 0 Å². The number of hydrogen-bond donors (Lipinski definition) is 0. The molecule has 2 aliphatic heterocycles. The van der Waals surface area contributed by atoms with Crippen LogP contribution in [0.5, 0.6) is 11.5 Å². The minimum atomic E-state index is -0.894. The second-order valence-corrected chi connectivity index (χ2v) is 7.19. The number of nitrogens with zero attached hydrogens (tertiary/aromatic N) is 2. The summed E-state index contributed by atoms with van der Waals surface area (Å²) in [5.41, 5.74) is 1.84. The van der Waals surface area contributed by atoms with E-state index < -0.39 is 12.1 Å². The summed E-state index contributed by atoms with van der Waals surface area (Å²) < 4.78 is 16.1. The van der Waals surface area contributed by atoms with Gasteiger partial charge in [-0.3, -0.25) is 14.5 Å². The molecule has 1 amide bonds. The molecule has 0 spiro atoms. The van der Waals surface area contributed by atoms with Gasteiger partial charge in [-0.2, -0.15) is 0 Å². The van der Waals surface area contributed by atoms with Crippen molar-refractivity contribution in [1.82, 2.24) is 9.80 Å². The van der Waals surface area contributed by atoms with Crippen LogP contribution in [0.2, 0.25) is 0 Å². The number of piperazine rings is 1. The van der Waals surface area contributed by atoms with E-state index in [1.165, 1.54) is 6.92 Å². The number of fused-ring (bicyclic) bond motifs is 1. The number of esters is 1. The van der Waals surface area contributed by atoms with Crippen LogP contribution in [0, 0.1) is 0 Å². The van der Waals surface area contributed by atoms with Crippen molar-refractivity contribution in [3.05, 3.63) is 59.7 Å². The van der Waals surface area contributed by atoms with Crippen LogP contribution in [0.1, 0.15) is 24.2 Å². The Morgan fingerprint density at radius 3 is 2.45 bits per heavy atom. The lowest BCUT2D eigenvalue weighted by Crippen LogP contribution is -2.50. The van der Waals surface area contributed by atoms with Gasteiger partial charge in [-0.25, -0.2) is 0 Å². The molecule has 0 aliphatic carbocycles. The van der Waals surface area contributed by atoms with E-state index in [-0.39, 0.29) is 12.7 Å². The molecule has 4 rings (SSSR count). The molecule has 2 aliphatic rings. The first-order valence-electron chi connectivity index (χ1n) is 9.72. The fraction of sp³-hybridized carbons (Fsp3) is 0.364. The van der Waals surface area contributed by atoms with Crippen molar-refractivity contribution in [2.45, 2.75) is 19.6 Å². The fourth-order valence-corrected chi connectivity index (χ4v) is 3.64. The zero-order valence-electron chi connectivity index (χ0n) is 16.4. The first kappa shape index (κ1) is 19.3. The van der Waals surface area contributed by atoms with Gasteiger partial charge in [-0.1, -0.05) is 36.4 Å². The van der Waals surface area contributed by atoms with Crippen LogP contribution in [-0.4, -0.2) is 54.6 Å². The number of ether oxygens (including phenoxy) is 3. The van der Waals surface area contributed by atoms with Gasteiger partial charge in [0.1, 0.15) is 0 Å². The Balaban J connectivity index is 1.36. The molecule has 7 nitrogen and oxygen atoms in total. The third kappa shape index (κ3) is 4.51. The van der Waals surface area contributed by atoms with E-state index in [0.29, 0.717) is 18.7 Å². The Kier molecular flexibility index (Phi) is 5.67. The Bertz CT molecular complexity index is 878. The molecule has 0 saturated carbocycles. The maximum Gasteiger partial charge on any atom is 0.303 e. The number of benzene rings is 2. The van der Waals surface area contributed by atoms with E-state index in [1.54, 1.807) is 17.0 Å². The second kappa shape index (κ2) is 8.53. The molecule has 152 valence electrons. The minimum absolute atomic E-state index is 0.172. The fourth-order valence-electron chi connectivity index (χ4n) is 3.64. The zero-order valence-corrected chi connectivity index (χ0v) is 16.4. The molecule has 2 aromatic carbocycles. The van der Waals surface area contributed by atoms with Gasteiger partial charge < -0.3 is 19.1 Å². The molecule has 0 N–H and O–H groups in total. The molecule has 0 bridgehead atoms. The standard InChI is InChI=1S/C22H24N2O5/c1-16(25)29-21(18-5-3-2-4-6-18)22(26)24-11-9-23(10-12-24)14-17-7-8-19-20(13-17)28-15-27-19/h2-8,13,21H,9-12,14-15H2,1H3. The predicted molar refractivity (Wildman–Crippen MR) is 105 cm³/mol. The molecule has 2 aromatic rings. The highest BCUT2D eigenvalue weighted by Gasteiger charge is 2.31. The molecule has 0 aromatic heterocycles. The lowest BCUT2D eigenvalue weighted by Gasteiger charge is -2.36. The van der Waals surface area contributed by atoms with Crippen molar-refractivity contribution in [2.75, 3.05) is 33.0 Å². The summed E-state index contributed by atoms with van der Waals surface area (Å²) in [5, 5.41) is 0. The second-order valence-electron chi connectivity index (χ2n) is 7.19. The Hall–Kier alpha value is -3.06. The van der Waals surface area contributed by atoms with E-state index >= 15 is 0 Å². The SMILES string of the molecule is CC(=O)OC(C(=O)N1CCN(Cc2ccc3c(c2)OCO3)CC1)c1ccccc1. The molecule has 0 radical (unpaired) electrons. The van der Waals surface area contributed by atoms with Crippen molar-refractivity contribution >= 4 is 11.9 Å². The highest BCUT2D eigenvalue weighted by molar-refractivity contribution is 5.84. The van der Waals surface area contributed by atoms with Crippen LogP contribution < -0.4 is 9.47 Å². The summed E-state index contributed by atoms with van der Waals surface area (Å²) >= 11 is 0. The van der Waals surface area contributed by atoms with Crippen LogP contribution in [0.15, 0.2) is 48.5 Å². The summed E-state index contributed by atoms with van der Waals surface area (Å²) in [6.45, 7) is 5.06. The van der Waals surface area contributed by atoms with Crippen LogP contribution in [0.25, 0.3) is 0 Å². The van der Waals surface area contributed by atoms with Crippen LogP contribution >= 0.6 is 0 Å². The minimum Gasteiger partial charge on any atom is -0.454 e. The topological polar surface area (TPSA) is 68.3 Å². The molecule has 1 atom stereocenters. The van der Waals surface area contributed by atoms with Crippen molar-refractivity contribution < 1.29 is 23.8 Å². The molecular formula is C22H24N2O5. The maximum atomic E-state index is 13.0. The molecule has 7 heteroatoms. The van der Waals surface area contributed by atoms with E-state index in [9.17, 15) is 9.59 Å². The normalized spacial score (nSPS) is 17.1. The van der Waals surface area contributed by atoms with Crippen molar-refractivity contribution in [3.8, 4) is 11.5 Å². The monoisotopic (exact) mass is 396 g/mol. The van der Waals surface area contributed by atoms with Gasteiger partial charge in [-0.15, -0.1) is 0 Å². The summed E-state index contributed by atoms with van der Waals surface area (Å²) in [4.78, 5) is 28.6. The number of amides is 1. The molecule has 29 heavy (non-hydrogen) atoms. The smallest absolute Gasteiger partial charge is 0.303 e. The first-order chi connectivity index (χ1) is 14.1. The molecule has 1 saturated heterocycles. The van der Waals surface area contributed by atoms with Crippen LogP contribution in [0.3, 0.4) is 0 Å². The van der Waals surface area contributed by atoms with Gasteiger partial charge >= 0.3 is 5.97 Å². The van der Waals surface area contributed by atoms with E-state index in [1.807, 2.05) is 36.4 Å². The van der Waals surface area contributed by atoms with E-state index in [0.717, 1.165) is 36.7 Å². The largest absolute Gasteiger partial charge is 0.454 e. The predicted octanol–water partition coefficient (Wildman–Crippen LogP) is 2.36. The number of carbonyl (C=O) groups is 2. The lowest BCUT2D eigenvalue weighted by atomic mass is 10.1. The average molecular weight is 396 g/mol. The number of carbonyl (C=O) groups excluding carboxylic acids is 2. The van der Waals surface area contributed by atoms with Gasteiger partial charge in [0.2, 0.25) is 12.9 Å².